The highest BCUT2D eigenvalue weighted by Gasteiger charge is 2.23. The molecule has 0 saturated heterocycles. The van der Waals surface area contributed by atoms with Gasteiger partial charge < -0.3 is 14.2 Å². The van der Waals surface area contributed by atoms with E-state index in [4.69, 9.17) is 24.2 Å². The predicted octanol–water partition coefficient (Wildman–Crippen LogP) is 4.82. The molecular weight excluding hydrogens is 474 g/mol. The summed E-state index contributed by atoms with van der Waals surface area (Å²) in [6.45, 7) is 0. The number of halogens is 1. The molecule has 0 saturated carbocycles. The Kier molecular flexibility index (Phi) is 5.10. The molecule has 5 aromatic rings. The lowest BCUT2D eigenvalue weighted by molar-refractivity contribution is 0.327. The molecule has 0 amide bonds. The Morgan fingerprint density at radius 3 is 2.31 bits per heavy atom. The van der Waals surface area contributed by atoms with E-state index < -0.39 is 0 Å². The van der Waals surface area contributed by atoms with Crippen LogP contribution >= 0.6 is 15.9 Å². The van der Waals surface area contributed by atoms with Crippen molar-refractivity contribution in [2.24, 2.45) is 0 Å². The number of hydrogen-bond acceptors (Lipinski definition) is 7. The van der Waals surface area contributed by atoms with Crippen molar-refractivity contribution in [2.75, 3.05) is 21.3 Å². The molecule has 0 aliphatic rings. The number of para-hydroxylation sites is 1. The first-order chi connectivity index (χ1) is 15.6. The Morgan fingerprint density at radius 2 is 1.59 bits per heavy atom. The average Bonchev–Trinajstić information content (AvgIpc) is 3.26. The second kappa shape index (κ2) is 8.08. The molecule has 0 N–H and O–H groups in total. The van der Waals surface area contributed by atoms with Gasteiger partial charge in [0.25, 0.3) is 0 Å². The predicted molar refractivity (Wildman–Crippen MR) is 125 cm³/mol. The number of fused-ring (bicyclic) bond motifs is 2. The first-order valence-electron chi connectivity index (χ1n) is 9.72. The zero-order chi connectivity index (χ0) is 22.2. The van der Waals surface area contributed by atoms with E-state index in [2.05, 4.69) is 26.2 Å². The summed E-state index contributed by atoms with van der Waals surface area (Å²) < 4.78 is 19.5. The minimum Gasteiger partial charge on any atom is -0.493 e. The SMILES string of the molecule is COc1cc2c(-n3nnc4ccccc43)nc(-c3ccc(Br)cc3)nc2c(OC)c1OC. The summed E-state index contributed by atoms with van der Waals surface area (Å²) in [5.74, 6) is 2.49. The third-order valence-electron chi connectivity index (χ3n) is 5.13. The lowest BCUT2D eigenvalue weighted by Crippen LogP contribution is -2.06. The van der Waals surface area contributed by atoms with E-state index in [-0.39, 0.29) is 0 Å². The van der Waals surface area contributed by atoms with Gasteiger partial charge in [-0.25, -0.2) is 9.97 Å². The highest BCUT2D eigenvalue weighted by atomic mass is 79.9. The maximum Gasteiger partial charge on any atom is 0.205 e. The van der Waals surface area contributed by atoms with Gasteiger partial charge in [0.15, 0.2) is 23.1 Å². The van der Waals surface area contributed by atoms with Crippen LogP contribution in [0.1, 0.15) is 0 Å². The molecule has 32 heavy (non-hydrogen) atoms. The van der Waals surface area contributed by atoms with Crippen molar-refractivity contribution in [3.63, 3.8) is 0 Å². The second-order valence-corrected chi connectivity index (χ2v) is 7.82. The first kappa shape index (κ1) is 20.2. The van der Waals surface area contributed by atoms with E-state index in [1.54, 1.807) is 26.0 Å². The van der Waals surface area contributed by atoms with Crippen LogP contribution in [0.2, 0.25) is 0 Å². The van der Waals surface area contributed by atoms with Crippen molar-refractivity contribution in [1.82, 2.24) is 25.0 Å². The summed E-state index contributed by atoms with van der Waals surface area (Å²) in [6.07, 6.45) is 0. The molecule has 0 radical (unpaired) electrons. The van der Waals surface area contributed by atoms with E-state index in [9.17, 15) is 0 Å². The van der Waals surface area contributed by atoms with E-state index in [1.165, 1.54) is 0 Å². The molecule has 0 fully saturated rings. The first-order valence-corrected chi connectivity index (χ1v) is 10.5. The number of hydrogen-bond donors (Lipinski definition) is 0. The summed E-state index contributed by atoms with van der Waals surface area (Å²) in [4.78, 5) is 9.71. The normalized spacial score (nSPS) is 11.1. The van der Waals surface area contributed by atoms with Gasteiger partial charge in [-0.3, -0.25) is 0 Å². The van der Waals surface area contributed by atoms with Crippen molar-refractivity contribution < 1.29 is 14.2 Å². The zero-order valence-corrected chi connectivity index (χ0v) is 19.1. The maximum absolute atomic E-state index is 5.71. The molecule has 2 heterocycles. The number of rotatable bonds is 5. The van der Waals surface area contributed by atoms with Crippen LogP contribution in [-0.4, -0.2) is 46.3 Å². The highest BCUT2D eigenvalue weighted by Crippen LogP contribution is 2.44. The van der Waals surface area contributed by atoms with Crippen LogP contribution in [0.25, 0.3) is 39.1 Å². The van der Waals surface area contributed by atoms with Gasteiger partial charge in [-0.1, -0.05) is 45.4 Å². The summed E-state index contributed by atoms with van der Waals surface area (Å²) >= 11 is 3.47. The van der Waals surface area contributed by atoms with Crippen LogP contribution in [0, 0.1) is 0 Å². The molecule has 160 valence electrons. The topological polar surface area (TPSA) is 84.2 Å². The second-order valence-electron chi connectivity index (χ2n) is 6.91. The number of benzene rings is 3. The molecular formula is C23H18BrN5O3. The fourth-order valence-corrected chi connectivity index (χ4v) is 3.89. The van der Waals surface area contributed by atoms with E-state index in [0.717, 1.165) is 21.1 Å². The quantitative estimate of drug-likeness (QED) is 0.348. The molecule has 9 heteroatoms. The molecule has 0 atom stereocenters. The molecule has 0 aliphatic carbocycles. The Bertz CT molecular complexity index is 1450. The van der Waals surface area contributed by atoms with Gasteiger partial charge in [0.2, 0.25) is 5.75 Å². The third-order valence-corrected chi connectivity index (χ3v) is 5.66. The molecule has 3 aromatic carbocycles. The van der Waals surface area contributed by atoms with Gasteiger partial charge in [0.05, 0.1) is 32.2 Å². The van der Waals surface area contributed by atoms with Crippen molar-refractivity contribution in [3.05, 3.63) is 59.1 Å². The zero-order valence-electron chi connectivity index (χ0n) is 17.5. The van der Waals surface area contributed by atoms with Crippen LogP contribution in [0.5, 0.6) is 17.2 Å². The summed E-state index contributed by atoms with van der Waals surface area (Å²) in [6, 6.07) is 17.3. The number of aromatic nitrogens is 5. The van der Waals surface area contributed by atoms with Gasteiger partial charge in [-0.05, 0) is 30.3 Å². The molecule has 8 nitrogen and oxygen atoms in total. The summed E-state index contributed by atoms with van der Waals surface area (Å²) in [5, 5.41) is 9.36. The van der Waals surface area contributed by atoms with E-state index in [0.29, 0.717) is 39.8 Å². The minimum absolute atomic E-state index is 0.452. The molecule has 0 aliphatic heterocycles. The van der Waals surface area contributed by atoms with Crippen LogP contribution in [0.15, 0.2) is 59.1 Å². The van der Waals surface area contributed by atoms with Gasteiger partial charge in [0, 0.05) is 10.0 Å². The fraction of sp³-hybridized carbons (Fsp3) is 0.130. The standard InChI is InChI=1S/C23H18BrN5O3/c1-30-18-12-15-19(21(32-3)20(18)31-2)25-22(13-8-10-14(24)11-9-13)26-23(15)29-17-7-5-4-6-16(17)27-28-29/h4-12H,1-3H3. The molecule has 0 unspecified atom stereocenters. The van der Waals surface area contributed by atoms with Crippen LogP contribution < -0.4 is 14.2 Å². The van der Waals surface area contributed by atoms with Gasteiger partial charge in [0.1, 0.15) is 11.0 Å². The fourth-order valence-electron chi connectivity index (χ4n) is 3.63. The van der Waals surface area contributed by atoms with E-state index >= 15 is 0 Å². The van der Waals surface area contributed by atoms with Gasteiger partial charge in [-0.15, -0.1) is 5.10 Å². The Morgan fingerprint density at radius 1 is 0.844 bits per heavy atom. The van der Waals surface area contributed by atoms with Crippen molar-refractivity contribution in [2.45, 2.75) is 0 Å². The van der Waals surface area contributed by atoms with Crippen molar-refractivity contribution in [1.29, 1.82) is 0 Å². The monoisotopic (exact) mass is 491 g/mol. The van der Waals surface area contributed by atoms with E-state index in [1.807, 2.05) is 54.6 Å². The van der Waals surface area contributed by atoms with Gasteiger partial charge in [-0.2, -0.15) is 4.68 Å². The minimum atomic E-state index is 0.452. The van der Waals surface area contributed by atoms with Gasteiger partial charge >= 0.3 is 0 Å². The molecule has 0 bridgehead atoms. The maximum atomic E-state index is 5.71. The lowest BCUT2D eigenvalue weighted by atomic mass is 10.1. The van der Waals surface area contributed by atoms with Crippen molar-refractivity contribution in [3.8, 4) is 34.5 Å². The smallest absolute Gasteiger partial charge is 0.205 e. The Balaban J connectivity index is 1.91. The number of ether oxygens (including phenoxy) is 3. The summed E-state index contributed by atoms with van der Waals surface area (Å²) in [7, 11) is 4.71. The van der Waals surface area contributed by atoms with Crippen molar-refractivity contribution >= 4 is 37.9 Å². The highest BCUT2D eigenvalue weighted by molar-refractivity contribution is 9.10. The van der Waals surface area contributed by atoms with Crippen LogP contribution in [0.4, 0.5) is 0 Å². The average molecular weight is 492 g/mol. The Hall–Kier alpha value is -3.72. The largest absolute Gasteiger partial charge is 0.493 e. The Labute approximate surface area is 191 Å². The van der Waals surface area contributed by atoms with Crippen LogP contribution in [-0.2, 0) is 0 Å². The summed E-state index contributed by atoms with van der Waals surface area (Å²) in [5.41, 5.74) is 3.00. The number of nitrogens with zero attached hydrogens (tertiary/aromatic N) is 5. The molecule has 0 spiro atoms. The van der Waals surface area contributed by atoms with Crippen LogP contribution in [0.3, 0.4) is 0 Å². The molecule has 2 aromatic heterocycles. The molecule has 5 rings (SSSR count). The number of methoxy groups -OCH3 is 3. The third kappa shape index (κ3) is 3.21. The lowest BCUT2D eigenvalue weighted by Gasteiger charge is -2.16.